The van der Waals surface area contributed by atoms with Gasteiger partial charge < -0.3 is 4.98 Å². The van der Waals surface area contributed by atoms with Crippen molar-refractivity contribution in [1.29, 1.82) is 0 Å². The Balaban J connectivity index is 1.33. The fraction of sp³-hybridized carbons (Fsp3) is 0.174. The van der Waals surface area contributed by atoms with Crippen molar-refractivity contribution in [3.63, 3.8) is 0 Å². The number of hydrazone groups is 1. The van der Waals surface area contributed by atoms with Gasteiger partial charge in [0.25, 0.3) is 5.91 Å². The maximum Gasteiger partial charge on any atom is 0.273 e. The lowest BCUT2D eigenvalue weighted by molar-refractivity contribution is 0.0956. The van der Waals surface area contributed by atoms with Crippen LogP contribution >= 0.6 is 23.1 Å². The Labute approximate surface area is 182 Å². The van der Waals surface area contributed by atoms with Gasteiger partial charge in [0.05, 0.1) is 27.5 Å². The third-order valence-electron chi connectivity index (χ3n) is 5.16. The molecule has 0 atom stereocenters. The number of H-pyrrole nitrogens is 1. The fourth-order valence-corrected chi connectivity index (χ4v) is 5.98. The summed E-state index contributed by atoms with van der Waals surface area (Å²) in [6, 6.07) is 15.8. The molecule has 2 heterocycles. The van der Waals surface area contributed by atoms with Crippen molar-refractivity contribution in [3.8, 4) is 0 Å². The van der Waals surface area contributed by atoms with Crippen LogP contribution in [-0.4, -0.2) is 22.1 Å². The second kappa shape index (κ2) is 8.45. The number of fused-ring (bicyclic) bond motifs is 2. The molecular formula is C23H20N4OS2. The summed E-state index contributed by atoms with van der Waals surface area (Å²) in [5.74, 6) is -0.212. The van der Waals surface area contributed by atoms with E-state index in [1.54, 1.807) is 29.2 Å². The number of carbonyl (C=O) groups is 1. The molecule has 2 aromatic carbocycles. The van der Waals surface area contributed by atoms with Crippen molar-refractivity contribution in [2.24, 2.45) is 5.10 Å². The first-order chi connectivity index (χ1) is 14.8. The largest absolute Gasteiger partial charge is 0.361 e. The molecule has 4 aromatic rings. The molecule has 0 radical (unpaired) electrons. The molecule has 2 aromatic heterocycles. The van der Waals surface area contributed by atoms with Crippen LogP contribution in [0.1, 0.15) is 36.0 Å². The monoisotopic (exact) mass is 432 g/mol. The van der Waals surface area contributed by atoms with E-state index in [-0.39, 0.29) is 5.91 Å². The first kappa shape index (κ1) is 19.1. The number of aromatic nitrogens is 2. The first-order valence-electron chi connectivity index (χ1n) is 9.93. The Bertz CT molecular complexity index is 1250. The van der Waals surface area contributed by atoms with Crippen molar-refractivity contribution in [1.82, 2.24) is 15.4 Å². The number of para-hydroxylation sites is 2. The number of thioether (sulfide) groups is 1. The number of hydrogen-bond donors (Lipinski definition) is 2. The molecule has 1 aliphatic rings. The van der Waals surface area contributed by atoms with Crippen LogP contribution in [-0.2, 0) is 0 Å². The predicted molar refractivity (Wildman–Crippen MR) is 125 cm³/mol. The molecule has 2 N–H and O–H groups in total. The quantitative estimate of drug-likeness (QED) is 0.295. The van der Waals surface area contributed by atoms with E-state index in [4.69, 9.17) is 4.98 Å². The number of thiazole rings is 1. The lowest BCUT2D eigenvalue weighted by Gasteiger charge is -2.16. The summed E-state index contributed by atoms with van der Waals surface area (Å²) in [4.78, 5) is 21.8. The van der Waals surface area contributed by atoms with Crippen LogP contribution in [0.2, 0.25) is 0 Å². The highest BCUT2D eigenvalue weighted by Crippen LogP contribution is 2.39. The van der Waals surface area contributed by atoms with Crippen LogP contribution < -0.4 is 5.43 Å². The number of hydrogen-bond acceptors (Lipinski definition) is 5. The van der Waals surface area contributed by atoms with Crippen LogP contribution in [0, 0.1) is 0 Å². The Kier molecular flexibility index (Phi) is 5.38. The van der Waals surface area contributed by atoms with Crippen LogP contribution in [0.15, 0.2) is 74.6 Å². The number of carbonyl (C=O) groups excluding carboxylic acids is 1. The van der Waals surface area contributed by atoms with Crippen LogP contribution in [0.4, 0.5) is 0 Å². The highest BCUT2D eigenvalue weighted by atomic mass is 32.2. The zero-order chi connectivity index (χ0) is 20.3. The number of aromatic amines is 1. The van der Waals surface area contributed by atoms with Crippen LogP contribution in [0.3, 0.4) is 0 Å². The van der Waals surface area contributed by atoms with E-state index in [9.17, 15) is 4.79 Å². The molecule has 0 unspecified atom stereocenters. The Morgan fingerprint density at radius 1 is 1.13 bits per heavy atom. The molecule has 1 aliphatic carbocycles. The number of allylic oxidation sites excluding steroid dienone is 2. The van der Waals surface area contributed by atoms with E-state index in [2.05, 4.69) is 21.6 Å². The summed E-state index contributed by atoms with van der Waals surface area (Å²) in [6.45, 7) is 0. The summed E-state index contributed by atoms with van der Waals surface area (Å²) in [5, 5.41) is 5.28. The van der Waals surface area contributed by atoms with E-state index in [0.717, 1.165) is 40.0 Å². The van der Waals surface area contributed by atoms with Gasteiger partial charge in [-0.15, -0.1) is 11.3 Å². The number of nitrogens with one attached hydrogen (secondary N) is 2. The molecule has 0 fully saturated rings. The van der Waals surface area contributed by atoms with Crippen molar-refractivity contribution < 1.29 is 4.79 Å². The third kappa shape index (κ3) is 3.91. The lowest BCUT2D eigenvalue weighted by Crippen LogP contribution is -2.18. The van der Waals surface area contributed by atoms with Crippen LogP contribution in [0.5, 0.6) is 0 Å². The van der Waals surface area contributed by atoms with Gasteiger partial charge >= 0.3 is 0 Å². The van der Waals surface area contributed by atoms with Gasteiger partial charge in [-0.3, -0.25) is 4.79 Å². The molecule has 0 saturated carbocycles. The van der Waals surface area contributed by atoms with E-state index >= 15 is 0 Å². The van der Waals surface area contributed by atoms with E-state index in [1.807, 2.05) is 48.8 Å². The topological polar surface area (TPSA) is 70.1 Å². The van der Waals surface area contributed by atoms with Gasteiger partial charge in [0.2, 0.25) is 0 Å². The third-order valence-corrected chi connectivity index (χ3v) is 7.47. The molecule has 5 nitrogen and oxygen atoms in total. The van der Waals surface area contributed by atoms with Gasteiger partial charge in [-0.2, -0.15) is 5.10 Å². The zero-order valence-electron chi connectivity index (χ0n) is 16.2. The average molecular weight is 433 g/mol. The average Bonchev–Trinajstić information content (AvgIpc) is 3.41. The lowest BCUT2D eigenvalue weighted by atomic mass is 10.0. The van der Waals surface area contributed by atoms with Crippen molar-refractivity contribution in [2.45, 2.75) is 30.0 Å². The smallest absolute Gasteiger partial charge is 0.273 e. The summed E-state index contributed by atoms with van der Waals surface area (Å²) in [6.07, 6.45) is 7.95. The van der Waals surface area contributed by atoms with Gasteiger partial charge in [-0.1, -0.05) is 36.0 Å². The Hall–Kier alpha value is -2.90. The maximum atomic E-state index is 12.6. The number of rotatable bonds is 5. The number of benzene rings is 2. The molecule has 0 spiro atoms. The Morgan fingerprint density at radius 3 is 2.97 bits per heavy atom. The second-order valence-electron chi connectivity index (χ2n) is 7.15. The summed E-state index contributed by atoms with van der Waals surface area (Å²) >= 11 is 3.46. The molecule has 7 heteroatoms. The van der Waals surface area contributed by atoms with Crippen LogP contribution in [0.25, 0.3) is 21.1 Å². The summed E-state index contributed by atoms with van der Waals surface area (Å²) < 4.78 is 2.26. The molecule has 150 valence electrons. The second-order valence-corrected chi connectivity index (χ2v) is 9.52. The molecule has 1 amide bonds. The molecule has 0 saturated heterocycles. The highest BCUT2D eigenvalue weighted by molar-refractivity contribution is 8.04. The number of amides is 1. The fourth-order valence-electron chi connectivity index (χ4n) is 3.66. The van der Waals surface area contributed by atoms with Gasteiger partial charge in [-0.25, -0.2) is 10.4 Å². The van der Waals surface area contributed by atoms with Crippen molar-refractivity contribution in [3.05, 3.63) is 70.8 Å². The van der Waals surface area contributed by atoms with Gasteiger partial charge in [0.1, 0.15) is 0 Å². The first-order valence-corrected chi connectivity index (χ1v) is 11.6. The zero-order valence-corrected chi connectivity index (χ0v) is 17.9. The van der Waals surface area contributed by atoms with Gasteiger partial charge in [0, 0.05) is 11.6 Å². The minimum absolute atomic E-state index is 0.212. The van der Waals surface area contributed by atoms with Crippen molar-refractivity contribution >= 4 is 56.3 Å². The minimum Gasteiger partial charge on any atom is -0.361 e. The van der Waals surface area contributed by atoms with Gasteiger partial charge in [0.15, 0.2) is 4.34 Å². The normalized spacial score (nSPS) is 14.8. The minimum atomic E-state index is -0.212. The standard InChI is InChI=1S/C23H20N4OS2/c28-22(17-8-5-7-15-12-13-24-21(15)17)27-25-14-16-6-1-3-10-19(16)29-23-26-18-9-2-4-11-20(18)30-23/h2,4-5,7-9,11-14,24H,1,3,6,10H2,(H,27,28)/b25-14+. The number of nitrogens with zero attached hydrogens (tertiary/aromatic N) is 2. The molecule has 0 aliphatic heterocycles. The van der Waals surface area contributed by atoms with E-state index < -0.39 is 0 Å². The molecular weight excluding hydrogens is 412 g/mol. The van der Waals surface area contributed by atoms with E-state index in [1.165, 1.54) is 21.6 Å². The maximum absolute atomic E-state index is 12.6. The van der Waals surface area contributed by atoms with E-state index in [0.29, 0.717) is 5.56 Å². The van der Waals surface area contributed by atoms with Gasteiger partial charge in [-0.05, 0) is 60.4 Å². The molecule has 30 heavy (non-hydrogen) atoms. The molecule has 5 rings (SSSR count). The predicted octanol–water partition coefficient (Wildman–Crippen LogP) is 6.11. The van der Waals surface area contributed by atoms with Crippen molar-refractivity contribution in [2.75, 3.05) is 0 Å². The highest BCUT2D eigenvalue weighted by Gasteiger charge is 2.15. The Morgan fingerprint density at radius 2 is 2.03 bits per heavy atom. The SMILES string of the molecule is O=C(N/N=C/C1=C(Sc2nc3ccccc3s2)CCCC1)c1cccc2cc[nH]c12. The molecule has 0 bridgehead atoms. The summed E-state index contributed by atoms with van der Waals surface area (Å²) in [7, 11) is 0. The summed E-state index contributed by atoms with van der Waals surface area (Å²) in [5.41, 5.74) is 6.34.